The van der Waals surface area contributed by atoms with Crippen LogP contribution in [-0.4, -0.2) is 60.9 Å². The number of rotatable bonds is 6. The summed E-state index contributed by atoms with van der Waals surface area (Å²) in [6, 6.07) is 2.07. The molecule has 2 aliphatic rings. The predicted molar refractivity (Wildman–Crippen MR) is 130 cm³/mol. The van der Waals surface area contributed by atoms with Gasteiger partial charge in [-0.1, -0.05) is 11.6 Å². The molecule has 2 fully saturated rings. The molecule has 2 atom stereocenters. The van der Waals surface area contributed by atoms with Crippen molar-refractivity contribution in [1.82, 2.24) is 14.0 Å². The van der Waals surface area contributed by atoms with E-state index >= 15 is 0 Å². The maximum Gasteiger partial charge on any atom is 0.303 e. The van der Waals surface area contributed by atoms with Gasteiger partial charge in [0, 0.05) is 43.3 Å². The van der Waals surface area contributed by atoms with Crippen molar-refractivity contribution in [3.05, 3.63) is 40.1 Å². The van der Waals surface area contributed by atoms with E-state index in [4.69, 9.17) is 16.7 Å². The Morgan fingerprint density at radius 1 is 1.34 bits per heavy atom. The van der Waals surface area contributed by atoms with Crippen molar-refractivity contribution in [2.75, 3.05) is 30.4 Å². The average molecular weight is 546 g/mol. The SMILES string of the molecule is CN1C(C(=O)Nc2ccc(F)c(Cl)c2)CC(c2cnc(N3CCC(CC(=O)O)CC3)s2)NS1(=O)=O. The van der Waals surface area contributed by atoms with Gasteiger partial charge >= 0.3 is 5.97 Å². The largest absolute Gasteiger partial charge is 0.481 e. The fourth-order valence-corrected chi connectivity index (χ4v) is 6.81. The Bertz CT molecular complexity index is 1220. The Kier molecular flexibility index (Phi) is 7.62. The third kappa shape index (κ3) is 5.92. The quantitative estimate of drug-likeness (QED) is 0.508. The van der Waals surface area contributed by atoms with Crippen LogP contribution in [0.5, 0.6) is 0 Å². The van der Waals surface area contributed by atoms with Gasteiger partial charge in [-0.15, -0.1) is 11.3 Å². The molecule has 1 aromatic carbocycles. The number of benzene rings is 1. The summed E-state index contributed by atoms with van der Waals surface area (Å²) in [7, 11) is -2.63. The molecule has 3 heterocycles. The van der Waals surface area contributed by atoms with E-state index < -0.39 is 40.0 Å². The van der Waals surface area contributed by atoms with E-state index in [-0.39, 0.29) is 29.5 Å². The van der Waals surface area contributed by atoms with E-state index in [0.29, 0.717) is 18.0 Å². The van der Waals surface area contributed by atoms with Gasteiger partial charge in [0.05, 0.1) is 11.1 Å². The number of nitrogens with zero attached hydrogens (tertiary/aromatic N) is 3. The number of piperidine rings is 1. The first kappa shape index (κ1) is 25.8. The minimum atomic E-state index is -3.95. The number of hydrogen-bond donors (Lipinski definition) is 3. The van der Waals surface area contributed by atoms with Crippen LogP contribution in [0, 0.1) is 11.7 Å². The number of likely N-dealkylation sites (N-methyl/N-ethyl adjacent to an activating group) is 1. The van der Waals surface area contributed by atoms with Crippen LogP contribution in [0.3, 0.4) is 0 Å². The number of amides is 1. The maximum atomic E-state index is 13.4. The van der Waals surface area contributed by atoms with Crippen LogP contribution in [0.4, 0.5) is 15.2 Å². The third-order valence-electron chi connectivity index (χ3n) is 6.26. The van der Waals surface area contributed by atoms with Crippen LogP contribution in [0.25, 0.3) is 0 Å². The number of nitrogens with one attached hydrogen (secondary N) is 2. The lowest BCUT2D eigenvalue weighted by Gasteiger charge is -2.35. The van der Waals surface area contributed by atoms with Gasteiger partial charge in [-0.2, -0.15) is 17.4 Å². The lowest BCUT2D eigenvalue weighted by atomic mass is 9.94. The Morgan fingerprint density at radius 3 is 2.71 bits per heavy atom. The van der Waals surface area contributed by atoms with Gasteiger partial charge in [0.15, 0.2) is 5.13 Å². The molecule has 1 amide bonds. The highest BCUT2D eigenvalue weighted by Crippen LogP contribution is 2.35. The van der Waals surface area contributed by atoms with Gasteiger partial charge in [-0.3, -0.25) is 9.59 Å². The minimum absolute atomic E-state index is 0.138. The highest BCUT2D eigenvalue weighted by molar-refractivity contribution is 7.87. The number of hydrogen-bond acceptors (Lipinski definition) is 7. The zero-order chi connectivity index (χ0) is 25.3. The first-order valence-electron chi connectivity index (χ1n) is 11.0. The highest BCUT2D eigenvalue weighted by atomic mass is 35.5. The first-order chi connectivity index (χ1) is 16.5. The average Bonchev–Trinajstić information content (AvgIpc) is 3.28. The molecule has 14 heteroatoms. The summed E-state index contributed by atoms with van der Waals surface area (Å²) in [5.41, 5.74) is 0.258. The molecule has 0 radical (unpaired) electrons. The van der Waals surface area contributed by atoms with Crippen molar-refractivity contribution < 1.29 is 27.5 Å². The van der Waals surface area contributed by atoms with Crippen molar-refractivity contribution in [3.63, 3.8) is 0 Å². The molecule has 0 aliphatic carbocycles. The number of carboxylic acids is 1. The molecule has 3 N–H and O–H groups in total. The van der Waals surface area contributed by atoms with E-state index in [1.807, 2.05) is 0 Å². The molecule has 190 valence electrons. The second-order valence-electron chi connectivity index (χ2n) is 8.63. The number of anilines is 2. The van der Waals surface area contributed by atoms with Crippen molar-refractivity contribution in [1.29, 1.82) is 0 Å². The molecule has 35 heavy (non-hydrogen) atoms. The smallest absolute Gasteiger partial charge is 0.303 e. The summed E-state index contributed by atoms with van der Waals surface area (Å²) in [6.07, 6.45) is 3.42. The van der Waals surface area contributed by atoms with Gasteiger partial charge in [0.1, 0.15) is 11.9 Å². The predicted octanol–water partition coefficient (Wildman–Crippen LogP) is 2.84. The lowest BCUT2D eigenvalue weighted by Crippen LogP contribution is -2.55. The van der Waals surface area contributed by atoms with Crippen LogP contribution in [0.1, 0.15) is 36.6 Å². The molecule has 10 nitrogen and oxygen atoms in total. The van der Waals surface area contributed by atoms with Gasteiger partial charge in [-0.05, 0) is 43.4 Å². The second-order valence-corrected chi connectivity index (χ2v) is 11.8. The Hall–Kier alpha value is -2.32. The molecule has 4 rings (SSSR count). The summed E-state index contributed by atoms with van der Waals surface area (Å²) in [4.78, 5) is 31.1. The molecule has 1 aromatic heterocycles. The van der Waals surface area contributed by atoms with Crippen molar-refractivity contribution in [2.45, 2.75) is 37.8 Å². The zero-order valence-electron chi connectivity index (χ0n) is 18.8. The molecule has 0 saturated carbocycles. The van der Waals surface area contributed by atoms with E-state index in [1.54, 1.807) is 6.20 Å². The van der Waals surface area contributed by atoms with Gasteiger partial charge in [0.25, 0.3) is 10.2 Å². The van der Waals surface area contributed by atoms with Crippen molar-refractivity contribution in [2.24, 2.45) is 5.92 Å². The third-order valence-corrected chi connectivity index (χ3v) is 9.32. The van der Waals surface area contributed by atoms with E-state index in [1.165, 1.54) is 30.5 Å². The first-order valence-corrected chi connectivity index (χ1v) is 13.6. The molecule has 2 saturated heterocycles. The van der Waals surface area contributed by atoms with Crippen LogP contribution in [0.2, 0.25) is 5.02 Å². The van der Waals surface area contributed by atoms with E-state index in [2.05, 4.69) is 19.9 Å². The molecular formula is C21H25ClFN5O5S2. The maximum absolute atomic E-state index is 13.4. The van der Waals surface area contributed by atoms with Crippen LogP contribution in [0.15, 0.2) is 24.4 Å². The fraction of sp³-hybridized carbons (Fsp3) is 0.476. The van der Waals surface area contributed by atoms with Crippen molar-refractivity contribution >= 4 is 55.8 Å². The lowest BCUT2D eigenvalue weighted by molar-refractivity contribution is -0.138. The van der Waals surface area contributed by atoms with Gasteiger partial charge in [0.2, 0.25) is 5.91 Å². The number of carbonyl (C=O) groups is 2. The van der Waals surface area contributed by atoms with Crippen molar-refractivity contribution in [3.8, 4) is 0 Å². The van der Waals surface area contributed by atoms with Gasteiger partial charge < -0.3 is 15.3 Å². The Morgan fingerprint density at radius 2 is 2.06 bits per heavy atom. The monoisotopic (exact) mass is 545 g/mol. The number of aliphatic carboxylic acids is 1. The number of carboxylic acid groups (broad SMARTS) is 1. The minimum Gasteiger partial charge on any atom is -0.481 e. The van der Waals surface area contributed by atoms with Crippen LogP contribution < -0.4 is 14.9 Å². The summed E-state index contributed by atoms with van der Waals surface area (Å²) >= 11 is 7.12. The summed E-state index contributed by atoms with van der Waals surface area (Å²) in [6.45, 7) is 1.35. The standard InChI is InChI=1S/C21H25ClFN5O5S2/c1-27-17(20(31)25-13-2-3-15(23)14(22)9-13)10-16(26-35(27,32)33)18-11-24-21(34-18)28-6-4-12(5-7-28)8-19(29)30/h2-3,9,11-12,16-17,26H,4-8,10H2,1H3,(H,25,31)(H,29,30). The highest BCUT2D eigenvalue weighted by Gasteiger charge is 2.41. The summed E-state index contributed by atoms with van der Waals surface area (Å²) < 4.78 is 42.5. The number of carbonyl (C=O) groups excluding carboxylic acids is 1. The summed E-state index contributed by atoms with van der Waals surface area (Å²) in [5, 5.41) is 12.2. The zero-order valence-corrected chi connectivity index (χ0v) is 21.2. The molecule has 0 spiro atoms. The van der Waals surface area contributed by atoms with Crippen LogP contribution >= 0.6 is 22.9 Å². The molecule has 2 aromatic rings. The second kappa shape index (κ2) is 10.3. The fourth-order valence-electron chi connectivity index (χ4n) is 4.26. The number of thiazole rings is 1. The Balaban J connectivity index is 1.46. The Labute approximate surface area is 211 Å². The topological polar surface area (TPSA) is 132 Å². The van der Waals surface area contributed by atoms with Crippen LogP contribution in [-0.2, 0) is 19.8 Å². The normalized spacial score (nSPS) is 23.2. The number of aromatic nitrogens is 1. The summed E-state index contributed by atoms with van der Waals surface area (Å²) in [5.74, 6) is -1.84. The molecule has 2 unspecified atom stereocenters. The molecular weight excluding hydrogens is 521 g/mol. The van der Waals surface area contributed by atoms with Gasteiger partial charge in [-0.25, -0.2) is 9.37 Å². The van der Waals surface area contributed by atoms with E-state index in [9.17, 15) is 22.4 Å². The molecule has 0 bridgehead atoms. The van der Waals surface area contributed by atoms with E-state index in [0.717, 1.165) is 28.3 Å². The number of halogens is 2. The molecule has 2 aliphatic heterocycles.